The summed E-state index contributed by atoms with van der Waals surface area (Å²) in [5, 5.41) is 25.5. The molecular formula is C28H20N4O2. The van der Waals surface area contributed by atoms with E-state index >= 15 is 0 Å². The number of nitro groups is 1. The first kappa shape index (κ1) is 20.0. The summed E-state index contributed by atoms with van der Waals surface area (Å²) in [6.45, 7) is 0. The van der Waals surface area contributed by atoms with Gasteiger partial charge in [0.15, 0.2) is 0 Å². The summed E-state index contributed by atoms with van der Waals surface area (Å²) in [5.74, 6) is 0. The highest BCUT2D eigenvalue weighted by atomic mass is 16.6. The van der Waals surface area contributed by atoms with E-state index in [0.717, 1.165) is 33.5 Å². The van der Waals surface area contributed by atoms with Crippen LogP contribution in [0.2, 0.25) is 0 Å². The third-order valence-corrected chi connectivity index (χ3v) is 6.99. The van der Waals surface area contributed by atoms with Crippen molar-refractivity contribution in [2.75, 3.05) is 5.01 Å². The van der Waals surface area contributed by atoms with Gasteiger partial charge in [-0.05, 0) is 39.9 Å². The fourth-order valence-corrected chi connectivity index (χ4v) is 5.64. The van der Waals surface area contributed by atoms with Gasteiger partial charge in [0, 0.05) is 18.6 Å². The number of non-ortho nitro benzene ring substituents is 1. The van der Waals surface area contributed by atoms with Gasteiger partial charge in [0.2, 0.25) is 6.19 Å². The van der Waals surface area contributed by atoms with Gasteiger partial charge >= 0.3 is 0 Å². The number of benzene rings is 4. The van der Waals surface area contributed by atoms with Crippen molar-refractivity contribution < 1.29 is 4.92 Å². The number of anilines is 1. The summed E-state index contributed by atoms with van der Waals surface area (Å²) in [5.41, 5.74) is 5.74. The largest absolute Gasteiger partial charge is 0.269 e. The van der Waals surface area contributed by atoms with Crippen LogP contribution >= 0.6 is 0 Å². The second-order valence-corrected chi connectivity index (χ2v) is 8.61. The Kier molecular flexibility index (Phi) is 4.39. The lowest BCUT2D eigenvalue weighted by Crippen LogP contribution is -2.46. The fraction of sp³-hybridized carbons (Fsp3) is 0.107. The summed E-state index contributed by atoms with van der Waals surface area (Å²) in [6, 6.07) is 33.0. The first-order chi connectivity index (χ1) is 16.6. The Morgan fingerprint density at radius 3 is 1.94 bits per heavy atom. The van der Waals surface area contributed by atoms with Gasteiger partial charge in [-0.3, -0.25) is 15.1 Å². The van der Waals surface area contributed by atoms with E-state index in [1.165, 1.54) is 12.1 Å². The van der Waals surface area contributed by atoms with Crippen molar-refractivity contribution in [1.82, 2.24) is 5.01 Å². The molecule has 6 heteroatoms. The molecule has 6 rings (SSSR count). The molecule has 1 fully saturated rings. The molecule has 164 valence electrons. The molecular weight excluding hydrogens is 424 g/mol. The van der Waals surface area contributed by atoms with E-state index in [1.54, 1.807) is 17.1 Å². The van der Waals surface area contributed by atoms with Gasteiger partial charge in [0.05, 0.1) is 16.7 Å². The predicted molar refractivity (Wildman–Crippen MR) is 129 cm³/mol. The van der Waals surface area contributed by atoms with Crippen molar-refractivity contribution in [2.45, 2.75) is 18.0 Å². The Bertz CT molecular complexity index is 1400. The van der Waals surface area contributed by atoms with Crippen molar-refractivity contribution >= 4 is 11.4 Å². The molecule has 0 aromatic heterocycles. The summed E-state index contributed by atoms with van der Waals surface area (Å²) in [4.78, 5) is 10.9. The highest BCUT2D eigenvalue weighted by molar-refractivity contribution is 5.83. The van der Waals surface area contributed by atoms with Crippen molar-refractivity contribution in [1.29, 1.82) is 5.26 Å². The second-order valence-electron chi connectivity index (χ2n) is 8.61. The van der Waals surface area contributed by atoms with Gasteiger partial charge in [-0.2, -0.15) is 5.26 Å². The minimum absolute atomic E-state index is 0.0207. The molecule has 1 saturated heterocycles. The van der Waals surface area contributed by atoms with Crippen molar-refractivity contribution in [3.05, 3.63) is 130 Å². The SMILES string of the molecule is N#CN1[C@H](c2ccccc2)CC2(c3ccccc3-c3ccccc32)N1c1ccc([N+](=O)[O-])cc1. The van der Waals surface area contributed by atoms with Gasteiger partial charge in [-0.1, -0.05) is 78.9 Å². The second kappa shape index (κ2) is 7.46. The topological polar surface area (TPSA) is 73.4 Å². The van der Waals surface area contributed by atoms with Crippen LogP contribution < -0.4 is 5.01 Å². The number of nitriles is 1. The zero-order chi connectivity index (χ0) is 23.3. The van der Waals surface area contributed by atoms with Crippen LogP contribution in [-0.2, 0) is 5.54 Å². The molecule has 0 amide bonds. The number of rotatable bonds is 3. The number of hydrogen-bond donors (Lipinski definition) is 0. The van der Waals surface area contributed by atoms with Crippen LogP contribution in [0.15, 0.2) is 103 Å². The predicted octanol–water partition coefficient (Wildman–Crippen LogP) is 6.17. The van der Waals surface area contributed by atoms with E-state index < -0.39 is 10.5 Å². The third-order valence-electron chi connectivity index (χ3n) is 6.99. The monoisotopic (exact) mass is 444 g/mol. The third kappa shape index (κ3) is 2.67. The Morgan fingerprint density at radius 1 is 0.824 bits per heavy atom. The number of nitrogens with zero attached hydrogens (tertiary/aromatic N) is 4. The van der Waals surface area contributed by atoms with Crippen LogP contribution in [0.4, 0.5) is 11.4 Å². The molecule has 6 nitrogen and oxygen atoms in total. The maximum Gasteiger partial charge on any atom is 0.269 e. The number of hydrazine groups is 1. The summed E-state index contributed by atoms with van der Waals surface area (Å²) >= 11 is 0. The fourth-order valence-electron chi connectivity index (χ4n) is 5.64. The van der Waals surface area contributed by atoms with E-state index in [9.17, 15) is 15.4 Å². The zero-order valence-corrected chi connectivity index (χ0v) is 18.2. The average molecular weight is 444 g/mol. The standard InChI is InChI=1S/C28H20N4O2/c29-19-30-27(20-8-2-1-3-9-20)18-28(31(30)21-14-16-22(17-15-21)32(33)34)25-12-6-4-10-23(25)24-11-5-7-13-26(24)28/h1-17,27H,18H2/t27-/m0/s1. The number of fused-ring (bicyclic) bond motifs is 5. The molecule has 0 N–H and O–H groups in total. The molecule has 4 aromatic carbocycles. The quantitative estimate of drug-likeness (QED) is 0.215. The Balaban J connectivity index is 1.64. The van der Waals surface area contributed by atoms with E-state index in [4.69, 9.17) is 0 Å². The molecule has 2 aliphatic rings. The van der Waals surface area contributed by atoms with E-state index in [0.29, 0.717) is 6.42 Å². The van der Waals surface area contributed by atoms with Gasteiger partial charge in [-0.25, -0.2) is 5.01 Å². The normalized spacial score (nSPS) is 17.3. The molecule has 1 atom stereocenters. The van der Waals surface area contributed by atoms with E-state index in [-0.39, 0.29) is 11.7 Å². The summed E-state index contributed by atoms with van der Waals surface area (Å²) in [7, 11) is 0. The van der Waals surface area contributed by atoms with Gasteiger partial charge in [-0.15, -0.1) is 0 Å². The molecule has 0 unspecified atom stereocenters. The van der Waals surface area contributed by atoms with Crippen LogP contribution in [0.3, 0.4) is 0 Å². The van der Waals surface area contributed by atoms with E-state index in [1.807, 2.05) is 47.5 Å². The van der Waals surface area contributed by atoms with Crippen LogP contribution in [0, 0.1) is 21.6 Å². The van der Waals surface area contributed by atoms with Crippen molar-refractivity contribution in [3.63, 3.8) is 0 Å². The Labute approximate surface area is 197 Å². The molecule has 1 heterocycles. The molecule has 4 aromatic rings. The van der Waals surface area contributed by atoms with Crippen molar-refractivity contribution in [3.8, 4) is 17.3 Å². The molecule has 1 spiro atoms. The molecule has 0 radical (unpaired) electrons. The summed E-state index contributed by atoms with van der Waals surface area (Å²) in [6.07, 6.45) is 3.10. The molecule has 1 aliphatic heterocycles. The maximum atomic E-state index is 11.3. The maximum absolute atomic E-state index is 11.3. The number of nitro benzene ring substituents is 1. The van der Waals surface area contributed by atoms with Crippen LogP contribution in [0.25, 0.3) is 11.1 Å². The molecule has 1 aliphatic carbocycles. The van der Waals surface area contributed by atoms with Crippen LogP contribution in [-0.4, -0.2) is 9.93 Å². The number of hydrogen-bond acceptors (Lipinski definition) is 5. The molecule has 34 heavy (non-hydrogen) atoms. The minimum atomic E-state index is -0.625. The highest BCUT2D eigenvalue weighted by Gasteiger charge is 2.57. The van der Waals surface area contributed by atoms with Crippen LogP contribution in [0.5, 0.6) is 0 Å². The van der Waals surface area contributed by atoms with Gasteiger partial charge < -0.3 is 0 Å². The van der Waals surface area contributed by atoms with Crippen LogP contribution in [0.1, 0.15) is 29.2 Å². The minimum Gasteiger partial charge on any atom is -0.261 e. The van der Waals surface area contributed by atoms with Gasteiger partial charge in [0.1, 0.15) is 5.54 Å². The first-order valence-corrected chi connectivity index (χ1v) is 11.1. The Hall–Kier alpha value is -4.63. The smallest absolute Gasteiger partial charge is 0.261 e. The molecule has 0 saturated carbocycles. The lowest BCUT2D eigenvalue weighted by atomic mass is 9.81. The average Bonchev–Trinajstić information content (AvgIpc) is 3.39. The first-order valence-electron chi connectivity index (χ1n) is 11.1. The zero-order valence-electron chi connectivity index (χ0n) is 18.2. The highest BCUT2D eigenvalue weighted by Crippen LogP contribution is 2.60. The van der Waals surface area contributed by atoms with E-state index in [2.05, 4.69) is 42.6 Å². The van der Waals surface area contributed by atoms with Gasteiger partial charge in [0.25, 0.3) is 5.69 Å². The summed E-state index contributed by atoms with van der Waals surface area (Å²) < 4.78 is 0. The lowest BCUT2D eigenvalue weighted by Gasteiger charge is -2.40. The van der Waals surface area contributed by atoms with Crippen molar-refractivity contribution in [2.24, 2.45) is 0 Å². The lowest BCUT2D eigenvalue weighted by molar-refractivity contribution is -0.384. The Morgan fingerprint density at radius 2 is 1.38 bits per heavy atom. The molecule has 0 bridgehead atoms.